The van der Waals surface area contributed by atoms with E-state index in [1.54, 1.807) is 18.2 Å². The molecule has 0 spiro atoms. The number of nitrogens with zero attached hydrogens (tertiary/aromatic N) is 1. The molecule has 1 amide bonds. The first-order valence-electron chi connectivity index (χ1n) is 10.2. The van der Waals surface area contributed by atoms with Crippen LogP contribution in [0.4, 0.5) is 0 Å². The summed E-state index contributed by atoms with van der Waals surface area (Å²) in [5.74, 6) is 1.33. The molecule has 1 aliphatic carbocycles. The van der Waals surface area contributed by atoms with E-state index in [9.17, 15) is 4.79 Å². The highest BCUT2D eigenvalue weighted by molar-refractivity contribution is 6.42. The van der Waals surface area contributed by atoms with Crippen molar-refractivity contribution in [2.75, 3.05) is 0 Å². The molecule has 3 aromatic rings. The van der Waals surface area contributed by atoms with E-state index in [0.29, 0.717) is 21.6 Å². The van der Waals surface area contributed by atoms with Gasteiger partial charge in [-0.05, 0) is 59.2 Å². The fourth-order valence-corrected chi connectivity index (χ4v) is 3.85. The van der Waals surface area contributed by atoms with Crippen LogP contribution in [0.5, 0.6) is 0 Å². The monoisotopic (exact) mass is 454 g/mol. The van der Waals surface area contributed by atoms with Gasteiger partial charge in [0.1, 0.15) is 11.5 Å². The Hall–Kier alpha value is -2.56. The van der Waals surface area contributed by atoms with E-state index in [4.69, 9.17) is 27.6 Å². The van der Waals surface area contributed by atoms with Crippen LogP contribution >= 0.6 is 23.2 Å². The number of halogens is 2. The number of hydrogen-bond donors (Lipinski definition) is 1. The maximum atomic E-state index is 12.4. The van der Waals surface area contributed by atoms with Crippen molar-refractivity contribution >= 4 is 35.3 Å². The molecule has 0 bridgehead atoms. The van der Waals surface area contributed by atoms with Gasteiger partial charge in [-0.3, -0.25) is 4.79 Å². The van der Waals surface area contributed by atoms with E-state index < -0.39 is 0 Å². The number of rotatable bonds is 5. The number of benzene rings is 2. The highest BCUT2D eigenvalue weighted by atomic mass is 35.5. The van der Waals surface area contributed by atoms with E-state index >= 15 is 0 Å². The Morgan fingerprint density at radius 1 is 1.06 bits per heavy atom. The van der Waals surface area contributed by atoms with Crippen LogP contribution in [0.2, 0.25) is 10.0 Å². The lowest BCUT2D eigenvalue weighted by molar-refractivity contribution is -0.122. The second-order valence-corrected chi connectivity index (χ2v) is 9.70. The van der Waals surface area contributed by atoms with Gasteiger partial charge in [0.2, 0.25) is 5.91 Å². The Bertz CT molecular complexity index is 1130. The molecule has 4 rings (SSSR count). The summed E-state index contributed by atoms with van der Waals surface area (Å²) in [6.45, 7) is 6.58. The lowest BCUT2D eigenvalue weighted by Crippen LogP contribution is -2.20. The van der Waals surface area contributed by atoms with Crippen molar-refractivity contribution in [2.45, 2.75) is 38.5 Å². The average molecular weight is 455 g/mol. The van der Waals surface area contributed by atoms with Crippen molar-refractivity contribution in [3.63, 3.8) is 0 Å². The molecule has 1 aromatic heterocycles. The number of amides is 1. The summed E-state index contributed by atoms with van der Waals surface area (Å²) in [4.78, 5) is 12.4. The van der Waals surface area contributed by atoms with Crippen LogP contribution in [-0.2, 0) is 10.2 Å². The molecule has 31 heavy (non-hydrogen) atoms. The first-order valence-corrected chi connectivity index (χ1v) is 11.0. The van der Waals surface area contributed by atoms with E-state index in [0.717, 1.165) is 12.0 Å². The minimum Gasteiger partial charge on any atom is -0.455 e. The van der Waals surface area contributed by atoms with Crippen LogP contribution in [-0.4, -0.2) is 12.1 Å². The second kappa shape index (κ2) is 8.52. The third-order valence-electron chi connectivity index (χ3n) is 5.53. The van der Waals surface area contributed by atoms with E-state index in [1.165, 1.54) is 17.3 Å². The van der Waals surface area contributed by atoms with E-state index in [1.807, 2.05) is 12.1 Å². The van der Waals surface area contributed by atoms with E-state index in [-0.39, 0.29) is 23.2 Å². The molecule has 1 aliphatic rings. The second-order valence-electron chi connectivity index (χ2n) is 8.89. The number of carbonyl (C=O) groups excluding carboxylic acids is 1. The Kier molecular flexibility index (Phi) is 5.96. The van der Waals surface area contributed by atoms with Gasteiger partial charge in [0.15, 0.2) is 0 Å². The lowest BCUT2D eigenvalue weighted by Gasteiger charge is -2.19. The van der Waals surface area contributed by atoms with Crippen molar-refractivity contribution < 1.29 is 9.21 Å². The molecular formula is C25H24Cl2N2O2. The van der Waals surface area contributed by atoms with Gasteiger partial charge in [-0.1, -0.05) is 68.2 Å². The van der Waals surface area contributed by atoms with Gasteiger partial charge in [-0.25, -0.2) is 5.43 Å². The summed E-state index contributed by atoms with van der Waals surface area (Å²) >= 11 is 12.0. The summed E-state index contributed by atoms with van der Waals surface area (Å²) < 4.78 is 5.75. The van der Waals surface area contributed by atoms with Crippen molar-refractivity contribution in [3.05, 3.63) is 81.5 Å². The maximum Gasteiger partial charge on any atom is 0.243 e. The van der Waals surface area contributed by atoms with Crippen LogP contribution in [0.1, 0.15) is 50.0 Å². The molecule has 160 valence electrons. The standard InChI is InChI=1S/C25H24Cl2N2O2/c1-25(2,3)17-7-4-15(5-8-17)19-13-20(19)24(30)29-28-14-18-9-11-23(31-18)16-6-10-21(26)22(27)12-16/h4-12,14,19-20H,13H2,1-3H3,(H,29,30)/b28-14-. The first-order chi connectivity index (χ1) is 14.7. The molecule has 1 heterocycles. The maximum absolute atomic E-state index is 12.4. The lowest BCUT2D eigenvalue weighted by atomic mass is 9.86. The molecule has 4 nitrogen and oxygen atoms in total. The molecule has 1 N–H and O–H groups in total. The summed E-state index contributed by atoms with van der Waals surface area (Å²) in [5, 5.41) is 5.00. The Labute approximate surface area is 192 Å². The summed E-state index contributed by atoms with van der Waals surface area (Å²) in [6.07, 6.45) is 2.34. The van der Waals surface area contributed by atoms with Crippen LogP contribution in [0.25, 0.3) is 11.3 Å². The summed E-state index contributed by atoms with van der Waals surface area (Å²) in [6, 6.07) is 17.5. The molecule has 2 unspecified atom stereocenters. The third kappa shape index (κ3) is 5.03. The normalized spacial score (nSPS) is 18.4. The van der Waals surface area contributed by atoms with Crippen LogP contribution in [0.3, 0.4) is 0 Å². The number of carbonyl (C=O) groups is 1. The zero-order valence-corrected chi connectivity index (χ0v) is 19.2. The highest BCUT2D eigenvalue weighted by Crippen LogP contribution is 2.47. The Balaban J connectivity index is 1.32. The third-order valence-corrected chi connectivity index (χ3v) is 6.27. The topological polar surface area (TPSA) is 54.6 Å². The van der Waals surface area contributed by atoms with Crippen molar-refractivity contribution in [2.24, 2.45) is 11.0 Å². The molecule has 6 heteroatoms. The minimum atomic E-state index is -0.0718. The predicted molar refractivity (Wildman–Crippen MR) is 126 cm³/mol. The van der Waals surface area contributed by atoms with Gasteiger partial charge in [-0.15, -0.1) is 0 Å². The summed E-state index contributed by atoms with van der Waals surface area (Å²) in [5.41, 5.74) is 6.06. The number of hydrazone groups is 1. The molecule has 0 radical (unpaired) electrons. The Morgan fingerprint density at radius 3 is 2.48 bits per heavy atom. The van der Waals surface area contributed by atoms with Gasteiger partial charge < -0.3 is 4.42 Å². The molecular weight excluding hydrogens is 431 g/mol. The smallest absolute Gasteiger partial charge is 0.243 e. The van der Waals surface area contributed by atoms with Gasteiger partial charge in [0, 0.05) is 11.5 Å². The van der Waals surface area contributed by atoms with Crippen molar-refractivity contribution in [1.29, 1.82) is 0 Å². The van der Waals surface area contributed by atoms with Crippen LogP contribution < -0.4 is 5.43 Å². The molecule has 1 saturated carbocycles. The van der Waals surface area contributed by atoms with Gasteiger partial charge in [0.05, 0.1) is 16.3 Å². The fraction of sp³-hybridized carbons (Fsp3) is 0.280. The number of hydrogen-bond acceptors (Lipinski definition) is 3. The zero-order chi connectivity index (χ0) is 22.2. The fourth-order valence-electron chi connectivity index (χ4n) is 3.55. The van der Waals surface area contributed by atoms with Crippen molar-refractivity contribution in [1.82, 2.24) is 5.43 Å². The van der Waals surface area contributed by atoms with Crippen LogP contribution in [0, 0.1) is 5.92 Å². The highest BCUT2D eigenvalue weighted by Gasteiger charge is 2.44. The van der Waals surface area contributed by atoms with Gasteiger partial charge >= 0.3 is 0 Å². The Morgan fingerprint density at radius 2 is 1.81 bits per heavy atom. The SMILES string of the molecule is CC(C)(C)c1ccc(C2CC2C(=O)N/N=C\c2ccc(-c3ccc(Cl)c(Cl)c3)o2)cc1. The number of nitrogens with one attached hydrogen (secondary N) is 1. The van der Waals surface area contributed by atoms with E-state index in [2.05, 4.69) is 55.6 Å². The largest absolute Gasteiger partial charge is 0.455 e. The molecule has 1 fully saturated rings. The molecule has 0 saturated heterocycles. The van der Waals surface area contributed by atoms with Crippen molar-refractivity contribution in [3.8, 4) is 11.3 Å². The minimum absolute atomic E-state index is 0.0407. The molecule has 0 aliphatic heterocycles. The van der Waals surface area contributed by atoms with Gasteiger partial charge in [0.25, 0.3) is 0 Å². The number of furan rings is 1. The molecule has 2 atom stereocenters. The zero-order valence-electron chi connectivity index (χ0n) is 17.7. The summed E-state index contributed by atoms with van der Waals surface area (Å²) in [7, 11) is 0. The first kappa shape index (κ1) is 21.7. The van der Waals surface area contributed by atoms with Gasteiger partial charge in [-0.2, -0.15) is 5.10 Å². The average Bonchev–Trinajstić information content (AvgIpc) is 3.40. The quantitative estimate of drug-likeness (QED) is 0.340. The van der Waals surface area contributed by atoms with Crippen LogP contribution in [0.15, 0.2) is 64.1 Å². The predicted octanol–water partition coefficient (Wildman–Crippen LogP) is 6.80. The molecule has 2 aromatic carbocycles.